The van der Waals surface area contributed by atoms with Gasteiger partial charge >= 0.3 is 0 Å². The third-order valence-electron chi connectivity index (χ3n) is 1.45. The number of phenolic OH excluding ortho intramolecular Hbond substituents is 1. The van der Waals surface area contributed by atoms with Crippen molar-refractivity contribution < 1.29 is 5.11 Å². The Morgan fingerprint density at radius 1 is 1.25 bits per heavy atom. The average Bonchev–Trinajstić information content (AvgIpc) is 2.09. The van der Waals surface area contributed by atoms with Crippen LogP contribution in [0.5, 0.6) is 5.75 Å². The van der Waals surface area contributed by atoms with Gasteiger partial charge in [-0.25, -0.2) is 0 Å². The summed E-state index contributed by atoms with van der Waals surface area (Å²) < 4.78 is 0. The standard InChI is InChI=1S/C8H5N3O/c9-3-5-1-2-7(12)8(11)6(5)4-10/h1-2,12H,11H2. The summed E-state index contributed by atoms with van der Waals surface area (Å²) in [6, 6.07) is 6.19. The van der Waals surface area contributed by atoms with E-state index in [0.717, 1.165) is 0 Å². The number of benzene rings is 1. The molecule has 1 rings (SSSR count). The Labute approximate surface area is 69.1 Å². The van der Waals surface area contributed by atoms with Crippen molar-refractivity contribution in [2.24, 2.45) is 0 Å². The Morgan fingerprint density at radius 2 is 1.92 bits per heavy atom. The van der Waals surface area contributed by atoms with Gasteiger partial charge in [-0.05, 0) is 12.1 Å². The molecule has 0 radical (unpaired) electrons. The molecule has 0 aliphatic heterocycles. The number of rotatable bonds is 0. The molecule has 4 heteroatoms. The maximum Gasteiger partial charge on any atom is 0.139 e. The highest BCUT2D eigenvalue weighted by Crippen LogP contribution is 2.25. The zero-order valence-electron chi connectivity index (χ0n) is 6.07. The minimum absolute atomic E-state index is 0.0255. The molecule has 0 atom stereocenters. The second kappa shape index (κ2) is 2.81. The third kappa shape index (κ3) is 1.02. The summed E-state index contributed by atoms with van der Waals surface area (Å²) in [6.45, 7) is 0. The van der Waals surface area contributed by atoms with Gasteiger partial charge in [0.2, 0.25) is 0 Å². The summed E-state index contributed by atoms with van der Waals surface area (Å²) in [5, 5.41) is 26.2. The van der Waals surface area contributed by atoms with Gasteiger partial charge < -0.3 is 10.8 Å². The Kier molecular flexibility index (Phi) is 1.85. The van der Waals surface area contributed by atoms with Crippen LogP contribution in [0.2, 0.25) is 0 Å². The highest BCUT2D eigenvalue weighted by atomic mass is 16.3. The van der Waals surface area contributed by atoms with Crippen molar-refractivity contribution in [1.82, 2.24) is 0 Å². The molecule has 3 N–H and O–H groups in total. The molecule has 4 nitrogen and oxygen atoms in total. The van der Waals surface area contributed by atoms with Crippen molar-refractivity contribution in [2.75, 3.05) is 5.73 Å². The van der Waals surface area contributed by atoms with E-state index in [4.69, 9.17) is 21.4 Å². The van der Waals surface area contributed by atoms with E-state index in [1.807, 2.05) is 0 Å². The largest absolute Gasteiger partial charge is 0.506 e. The van der Waals surface area contributed by atoms with Crippen molar-refractivity contribution in [2.45, 2.75) is 0 Å². The molecule has 0 aliphatic rings. The molecule has 0 saturated carbocycles. The van der Waals surface area contributed by atoms with Crippen LogP contribution in [0.15, 0.2) is 12.1 Å². The van der Waals surface area contributed by atoms with Gasteiger partial charge in [0.05, 0.1) is 16.8 Å². The first-order chi connectivity index (χ1) is 5.70. The van der Waals surface area contributed by atoms with E-state index < -0.39 is 0 Å². The lowest BCUT2D eigenvalue weighted by Crippen LogP contribution is -1.93. The quantitative estimate of drug-likeness (QED) is 0.430. The van der Waals surface area contributed by atoms with Crippen LogP contribution >= 0.6 is 0 Å². The zero-order chi connectivity index (χ0) is 9.14. The molecule has 0 bridgehead atoms. The first-order valence-corrected chi connectivity index (χ1v) is 3.12. The number of anilines is 1. The molecule has 1 aromatic carbocycles. The number of phenols is 1. The van der Waals surface area contributed by atoms with Gasteiger partial charge in [-0.1, -0.05) is 0 Å². The molecule has 0 fully saturated rings. The highest BCUT2D eigenvalue weighted by molar-refractivity contribution is 5.67. The van der Waals surface area contributed by atoms with E-state index >= 15 is 0 Å². The Morgan fingerprint density at radius 3 is 2.42 bits per heavy atom. The van der Waals surface area contributed by atoms with E-state index in [1.54, 1.807) is 12.1 Å². The lowest BCUT2D eigenvalue weighted by molar-refractivity contribution is 0.478. The van der Waals surface area contributed by atoms with Gasteiger partial charge in [0.15, 0.2) is 0 Å². The summed E-state index contributed by atoms with van der Waals surface area (Å²) in [5.74, 6) is -0.175. The van der Waals surface area contributed by atoms with Crippen molar-refractivity contribution in [1.29, 1.82) is 10.5 Å². The van der Waals surface area contributed by atoms with Crippen LogP contribution in [0.25, 0.3) is 0 Å². The van der Waals surface area contributed by atoms with Crippen LogP contribution < -0.4 is 5.73 Å². The number of nitriles is 2. The van der Waals surface area contributed by atoms with Crippen molar-refractivity contribution in [3.63, 3.8) is 0 Å². The van der Waals surface area contributed by atoms with Crippen LogP contribution in [0.4, 0.5) is 5.69 Å². The second-order valence-electron chi connectivity index (χ2n) is 2.14. The van der Waals surface area contributed by atoms with E-state index in [2.05, 4.69) is 0 Å². The van der Waals surface area contributed by atoms with Gasteiger partial charge in [-0.3, -0.25) is 0 Å². The zero-order valence-corrected chi connectivity index (χ0v) is 6.07. The summed E-state index contributed by atoms with van der Waals surface area (Å²) in [7, 11) is 0. The Balaban J connectivity index is 3.52. The molecule has 0 saturated heterocycles. The summed E-state index contributed by atoms with van der Waals surface area (Å²) in [5.41, 5.74) is 5.50. The van der Waals surface area contributed by atoms with Crippen LogP contribution in [0, 0.1) is 22.7 Å². The molecule has 0 aromatic heterocycles. The minimum atomic E-state index is -0.175. The SMILES string of the molecule is N#Cc1ccc(O)c(N)c1C#N. The average molecular weight is 159 g/mol. The van der Waals surface area contributed by atoms with Gasteiger partial charge in [-0.15, -0.1) is 0 Å². The molecule has 58 valence electrons. The highest BCUT2D eigenvalue weighted by Gasteiger charge is 2.08. The van der Waals surface area contributed by atoms with Gasteiger partial charge in [-0.2, -0.15) is 10.5 Å². The van der Waals surface area contributed by atoms with Crippen molar-refractivity contribution in [3.8, 4) is 17.9 Å². The fraction of sp³-hybridized carbons (Fsp3) is 0. The van der Waals surface area contributed by atoms with E-state index in [-0.39, 0.29) is 22.6 Å². The van der Waals surface area contributed by atoms with E-state index in [1.165, 1.54) is 12.1 Å². The van der Waals surface area contributed by atoms with Gasteiger partial charge in [0.25, 0.3) is 0 Å². The monoisotopic (exact) mass is 159 g/mol. The van der Waals surface area contributed by atoms with E-state index in [9.17, 15) is 0 Å². The summed E-state index contributed by atoms with van der Waals surface area (Å²) in [4.78, 5) is 0. The van der Waals surface area contributed by atoms with Gasteiger partial charge in [0.1, 0.15) is 17.9 Å². The molecule has 0 unspecified atom stereocenters. The number of hydrogen-bond acceptors (Lipinski definition) is 4. The van der Waals surface area contributed by atoms with Crippen molar-refractivity contribution >= 4 is 5.69 Å². The van der Waals surface area contributed by atoms with Crippen molar-refractivity contribution in [3.05, 3.63) is 23.3 Å². The predicted molar refractivity (Wildman–Crippen MR) is 41.9 cm³/mol. The fourth-order valence-electron chi connectivity index (χ4n) is 0.822. The normalized spacial score (nSPS) is 8.50. The number of nitrogens with zero attached hydrogens (tertiary/aromatic N) is 2. The smallest absolute Gasteiger partial charge is 0.139 e. The predicted octanol–water partition coefficient (Wildman–Crippen LogP) is 0.718. The third-order valence-corrected chi connectivity index (χ3v) is 1.45. The summed E-state index contributed by atoms with van der Waals surface area (Å²) >= 11 is 0. The molecular weight excluding hydrogens is 154 g/mol. The fourth-order valence-corrected chi connectivity index (χ4v) is 0.822. The molecule has 0 heterocycles. The molecule has 12 heavy (non-hydrogen) atoms. The lowest BCUT2D eigenvalue weighted by atomic mass is 10.1. The Bertz CT molecular complexity index is 398. The lowest BCUT2D eigenvalue weighted by Gasteiger charge is -2.00. The van der Waals surface area contributed by atoms with Gasteiger partial charge in [0, 0.05) is 0 Å². The molecule has 0 spiro atoms. The van der Waals surface area contributed by atoms with E-state index in [0.29, 0.717) is 0 Å². The van der Waals surface area contributed by atoms with Crippen LogP contribution in [0.3, 0.4) is 0 Å². The number of nitrogens with two attached hydrogens (primary N) is 1. The first-order valence-electron chi connectivity index (χ1n) is 3.12. The molecule has 0 amide bonds. The number of hydrogen-bond donors (Lipinski definition) is 2. The molecular formula is C8H5N3O. The van der Waals surface area contributed by atoms with Crippen LogP contribution in [0.1, 0.15) is 11.1 Å². The maximum absolute atomic E-state index is 9.07. The minimum Gasteiger partial charge on any atom is -0.506 e. The molecule has 1 aromatic rings. The Hall–Kier alpha value is -2.20. The second-order valence-corrected chi connectivity index (χ2v) is 2.14. The van der Waals surface area contributed by atoms with Crippen LogP contribution in [-0.4, -0.2) is 5.11 Å². The number of nitrogen functional groups attached to an aromatic ring is 1. The van der Waals surface area contributed by atoms with Crippen LogP contribution in [-0.2, 0) is 0 Å². The molecule has 0 aliphatic carbocycles. The first kappa shape index (κ1) is 7.90. The topological polar surface area (TPSA) is 93.8 Å². The maximum atomic E-state index is 9.07. The number of aromatic hydroxyl groups is 1. The summed E-state index contributed by atoms with van der Waals surface area (Å²) in [6.07, 6.45) is 0.